The average Bonchev–Trinajstić information content (AvgIpc) is 2.46. The van der Waals surface area contributed by atoms with Crippen molar-refractivity contribution in [1.29, 1.82) is 10.5 Å². The SMILES string of the molecule is N#Cc1ccc(Oc2ccc(C#N)c(Br)c2F)c(N)c1. The third kappa shape index (κ3) is 2.56. The average molecular weight is 332 g/mol. The van der Waals surface area contributed by atoms with E-state index in [1.165, 1.54) is 30.3 Å². The van der Waals surface area contributed by atoms with Crippen LogP contribution in [0.25, 0.3) is 0 Å². The largest absolute Gasteiger partial charge is 0.452 e. The Kier molecular flexibility index (Phi) is 3.88. The number of rotatable bonds is 2. The summed E-state index contributed by atoms with van der Waals surface area (Å²) in [7, 11) is 0. The first kappa shape index (κ1) is 13.9. The quantitative estimate of drug-likeness (QED) is 0.850. The number of ether oxygens (including phenoxy) is 1. The number of benzene rings is 2. The molecule has 6 heteroatoms. The highest BCUT2D eigenvalue weighted by Gasteiger charge is 2.14. The Morgan fingerprint density at radius 3 is 2.40 bits per heavy atom. The van der Waals surface area contributed by atoms with E-state index in [1.54, 1.807) is 0 Å². The molecule has 0 aliphatic heterocycles. The van der Waals surface area contributed by atoms with Gasteiger partial charge in [0.25, 0.3) is 0 Å². The normalized spacial score (nSPS) is 9.60. The molecule has 20 heavy (non-hydrogen) atoms. The molecule has 0 fully saturated rings. The van der Waals surface area contributed by atoms with Gasteiger partial charge in [0.15, 0.2) is 17.3 Å². The van der Waals surface area contributed by atoms with Gasteiger partial charge in [0, 0.05) is 0 Å². The minimum Gasteiger partial charge on any atom is -0.452 e. The van der Waals surface area contributed by atoms with Gasteiger partial charge in [0.1, 0.15) is 6.07 Å². The molecule has 0 amide bonds. The van der Waals surface area contributed by atoms with Gasteiger partial charge in [-0.05, 0) is 46.3 Å². The summed E-state index contributed by atoms with van der Waals surface area (Å²) in [5.41, 5.74) is 6.51. The molecule has 0 spiro atoms. The van der Waals surface area contributed by atoms with Crippen molar-refractivity contribution in [3.8, 4) is 23.6 Å². The van der Waals surface area contributed by atoms with Crippen LogP contribution in [0.15, 0.2) is 34.8 Å². The Labute approximate surface area is 122 Å². The van der Waals surface area contributed by atoms with Crippen LogP contribution in [0.3, 0.4) is 0 Å². The van der Waals surface area contributed by atoms with Gasteiger partial charge in [-0.3, -0.25) is 0 Å². The van der Waals surface area contributed by atoms with E-state index in [1.807, 2.05) is 12.1 Å². The molecular weight excluding hydrogens is 325 g/mol. The summed E-state index contributed by atoms with van der Waals surface area (Å²) in [4.78, 5) is 0. The maximum atomic E-state index is 14.0. The van der Waals surface area contributed by atoms with E-state index in [2.05, 4.69) is 15.9 Å². The maximum Gasteiger partial charge on any atom is 0.181 e. The first-order chi connectivity index (χ1) is 9.56. The number of anilines is 1. The van der Waals surface area contributed by atoms with Crippen molar-refractivity contribution in [2.45, 2.75) is 0 Å². The number of nitriles is 2. The van der Waals surface area contributed by atoms with Crippen molar-refractivity contribution in [3.63, 3.8) is 0 Å². The number of hydrogen-bond donors (Lipinski definition) is 1. The smallest absolute Gasteiger partial charge is 0.181 e. The first-order valence-corrected chi connectivity index (χ1v) is 6.21. The molecule has 0 aromatic heterocycles. The summed E-state index contributed by atoms with van der Waals surface area (Å²) >= 11 is 2.99. The van der Waals surface area contributed by atoms with E-state index in [0.717, 1.165) is 0 Å². The lowest BCUT2D eigenvalue weighted by molar-refractivity contribution is 0.442. The van der Waals surface area contributed by atoms with Crippen molar-refractivity contribution in [2.75, 3.05) is 5.73 Å². The molecule has 0 aliphatic rings. The molecule has 0 saturated heterocycles. The summed E-state index contributed by atoms with van der Waals surface area (Å²) in [6.45, 7) is 0. The van der Waals surface area contributed by atoms with Crippen molar-refractivity contribution in [1.82, 2.24) is 0 Å². The van der Waals surface area contributed by atoms with Crippen LogP contribution in [0.2, 0.25) is 0 Å². The Bertz CT molecular complexity index is 762. The molecule has 0 unspecified atom stereocenters. The molecule has 2 N–H and O–H groups in total. The Morgan fingerprint density at radius 1 is 1.10 bits per heavy atom. The Balaban J connectivity index is 2.39. The number of nitrogens with zero attached hydrogens (tertiary/aromatic N) is 2. The minimum atomic E-state index is -0.687. The molecule has 98 valence electrons. The Morgan fingerprint density at radius 2 is 1.80 bits per heavy atom. The predicted octanol–water partition coefficient (Wildman–Crippen LogP) is 3.71. The second-order valence-electron chi connectivity index (χ2n) is 3.82. The van der Waals surface area contributed by atoms with Gasteiger partial charge in [-0.25, -0.2) is 4.39 Å². The minimum absolute atomic E-state index is 0.0321. The summed E-state index contributed by atoms with van der Waals surface area (Å²) in [6.07, 6.45) is 0. The lowest BCUT2D eigenvalue weighted by Crippen LogP contribution is -1.96. The van der Waals surface area contributed by atoms with Crippen LogP contribution in [-0.4, -0.2) is 0 Å². The van der Waals surface area contributed by atoms with Crippen molar-refractivity contribution in [2.24, 2.45) is 0 Å². The zero-order valence-corrected chi connectivity index (χ0v) is 11.6. The molecule has 0 saturated carbocycles. The summed E-state index contributed by atoms with van der Waals surface area (Å²) in [5, 5.41) is 17.5. The molecule has 4 nitrogen and oxygen atoms in total. The van der Waals surface area contributed by atoms with Crippen LogP contribution in [0, 0.1) is 28.5 Å². The van der Waals surface area contributed by atoms with E-state index in [4.69, 9.17) is 21.0 Å². The molecule has 0 radical (unpaired) electrons. The van der Waals surface area contributed by atoms with Crippen molar-refractivity contribution < 1.29 is 9.13 Å². The van der Waals surface area contributed by atoms with Crippen LogP contribution in [0.5, 0.6) is 11.5 Å². The van der Waals surface area contributed by atoms with Gasteiger partial charge in [-0.1, -0.05) is 0 Å². The topological polar surface area (TPSA) is 82.8 Å². The third-order valence-corrected chi connectivity index (χ3v) is 3.30. The van der Waals surface area contributed by atoms with E-state index in [9.17, 15) is 4.39 Å². The number of nitrogens with two attached hydrogens (primary N) is 1. The zero-order chi connectivity index (χ0) is 14.7. The fraction of sp³-hybridized carbons (Fsp3) is 0. The third-order valence-electron chi connectivity index (χ3n) is 2.53. The van der Waals surface area contributed by atoms with E-state index < -0.39 is 5.82 Å². The van der Waals surface area contributed by atoms with Gasteiger partial charge >= 0.3 is 0 Å². The number of nitrogen functional groups attached to an aromatic ring is 1. The fourth-order valence-electron chi connectivity index (χ4n) is 1.53. The van der Waals surface area contributed by atoms with E-state index >= 15 is 0 Å². The van der Waals surface area contributed by atoms with Crippen LogP contribution in [-0.2, 0) is 0 Å². The summed E-state index contributed by atoms with van der Waals surface area (Å²) in [5.74, 6) is -0.514. The molecule has 2 rings (SSSR count). The standard InChI is InChI=1S/C14H7BrFN3O/c15-13-9(7-18)2-4-12(14(13)16)20-11-3-1-8(6-17)5-10(11)19/h1-5H,19H2. The molecule has 0 atom stereocenters. The second kappa shape index (κ2) is 5.60. The summed E-state index contributed by atoms with van der Waals surface area (Å²) in [6, 6.07) is 11.0. The second-order valence-corrected chi connectivity index (χ2v) is 4.61. The monoisotopic (exact) mass is 331 g/mol. The number of halogens is 2. The zero-order valence-electron chi connectivity index (χ0n) is 10.0. The highest BCUT2D eigenvalue weighted by atomic mass is 79.9. The fourth-order valence-corrected chi connectivity index (χ4v) is 1.94. The van der Waals surface area contributed by atoms with Gasteiger partial charge in [0.2, 0.25) is 0 Å². The summed E-state index contributed by atoms with van der Waals surface area (Å²) < 4.78 is 19.4. The molecule has 2 aromatic carbocycles. The van der Waals surface area contributed by atoms with Crippen LogP contribution < -0.4 is 10.5 Å². The molecular formula is C14H7BrFN3O. The lowest BCUT2D eigenvalue weighted by Gasteiger charge is -2.10. The highest BCUT2D eigenvalue weighted by molar-refractivity contribution is 9.10. The van der Waals surface area contributed by atoms with Crippen molar-refractivity contribution >= 4 is 21.6 Å². The first-order valence-electron chi connectivity index (χ1n) is 5.42. The van der Waals surface area contributed by atoms with Crippen LogP contribution in [0.4, 0.5) is 10.1 Å². The lowest BCUT2D eigenvalue weighted by atomic mass is 10.2. The van der Waals surface area contributed by atoms with E-state index in [0.29, 0.717) is 5.56 Å². The molecule has 2 aromatic rings. The van der Waals surface area contributed by atoms with Crippen LogP contribution >= 0.6 is 15.9 Å². The van der Waals surface area contributed by atoms with Gasteiger partial charge in [-0.15, -0.1) is 0 Å². The molecule has 0 aliphatic carbocycles. The molecule has 0 heterocycles. The maximum absolute atomic E-state index is 14.0. The Hall–Kier alpha value is -2.57. The van der Waals surface area contributed by atoms with E-state index in [-0.39, 0.29) is 27.2 Å². The highest BCUT2D eigenvalue weighted by Crippen LogP contribution is 2.33. The van der Waals surface area contributed by atoms with Gasteiger partial charge < -0.3 is 10.5 Å². The van der Waals surface area contributed by atoms with Gasteiger partial charge in [-0.2, -0.15) is 10.5 Å². The number of hydrogen-bond acceptors (Lipinski definition) is 4. The predicted molar refractivity (Wildman–Crippen MR) is 74.5 cm³/mol. The van der Waals surface area contributed by atoms with Gasteiger partial charge in [0.05, 0.1) is 27.4 Å². The van der Waals surface area contributed by atoms with Crippen LogP contribution in [0.1, 0.15) is 11.1 Å². The molecule has 0 bridgehead atoms. The van der Waals surface area contributed by atoms with Crippen molar-refractivity contribution in [3.05, 3.63) is 51.7 Å².